The van der Waals surface area contributed by atoms with Crippen LogP contribution in [0.25, 0.3) is 0 Å². The zero-order chi connectivity index (χ0) is 24.4. The van der Waals surface area contributed by atoms with Gasteiger partial charge in [0.1, 0.15) is 0 Å². The molecule has 1 aromatic heterocycles. The van der Waals surface area contributed by atoms with Crippen LogP contribution in [0.1, 0.15) is 36.8 Å². The number of hydrogen-bond donors (Lipinski definition) is 1. The van der Waals surface area contributed by atoms with Crippen molar-refractivity contribution in [1.29, 1.82) is 0 Å². The molecule has 0 spiro atoms. The lowest BCUT2D eigenvalue weighted by Gasteiger charge is -2.41. The molecule has 0 unspecified atom stereocenters. The van der Waals surface area contributed by atoms with E-state index in [1.54, 1.807) is 30.6 Å². The second-order valence-corrected chi connectivity index (χ2v) is 9.93. The molecule has 5 rings (SSSR count). The number of benzene rings is 1. The molecule has 184 valence electrons. The third kappa shape index (κ3) is 4.65. The van der Waals surface area contributed by atoms with Gasteiger partial charge < -0.3 is 15.0 Å². The number of aromatic nitrogens is 1. The molecule has 1 aromatic carbocycles. The van der Waals surface area contributed by atoms with Gasteiger partial charge in [0, 0.05) is 42.7 Å². The van der Waals surface area contributed by atoms with Gasteiger partial charge in [-0.1, -0.05) is 29.8 Å². The number of rotatable bonds is 6. The number of pyridine rings is 1. The first kappa shape index (κ1) is 23.8. The lowest BCUT2D eigenvalue weighted by Crippen LogP contribution is -2.54. The summed E-state index contributed by atoms with van der Waals surface area (Å²) in [5.41, 5.74) is 0.364. The van der Waals surface area contributed by atoms with Gasteiger partial charge >= 0.3 is 6.03 Å². The predicted octanol–water partition coefficient (Wildman–Crippen LogP) is 3.14. The van der Waals surface area contributed by atoms with Gasteiger partial charge in [-0.05, 0) is 55.4 Å². The molecule has 35 heavy (non-hydrogen) atoms. The number of nitrogens with one attached hydrogen (secondary N) is 1. The molecule has 8 nitrogen and oxygen atoms in total. The highest BCUT2D eigenvalue weighted by molar-refractivity contribution is 6.30. The normalized spacial score (nSPS) is 25.2. The summed E-state index contributed by atoms with van der Waals surface area (Å²) >= 11 is 6.06. The van der Waals surface area contributed by atoms with Gasteiger partial charge in [-0.25, -0.2) is 4.79 Å². The molecule has 9 heteroatoms. The zero-order valence-corrected chi connectivity index (χ0v) is 20.2. The highest BCUT2D eigenvalue weighted by Gasteiger charge is 2.57. The lowest BCUT2D eigenvalue weighted by molar-refractivity contribution is -0.137. The van der Waals surface area contributed by atoms with Gasteiger partial charge in [-0.2, -0.15) is 0 Å². The molecular formula is C26H29ClN4O4. The Balaban J connectivity index is 1.33. The minimum Gasteiger partial charge on any atom is -0.376 e. The average Bonchev–Trinajstić information content (AvgIpc) is 3.47. The van der Waals surface area contributed by atoms with Gasteiger partial charge in [0.25, 0.3) is 5.91 Å². The van der Waals surface area contributed by atoms with E-state index in [1.807, 2.05) is 23.1 Å². The number of nitrogens with zero attached hydrogens (tertiary/aromatic N) is 3. The van der Waals surface area contributed by atoms with Crippen molar-refractivity contribution < 1.29 is 19.1 Å². The SMILES string of the molecule is O=C(Cc1cccc(Cl)c1)N1CCC([C@]2(c3cccnc3)NC(=O)N(C[C@@H]3CCCO3)C2=O)CC1. The Morgan fingerprint density at radius 3 is 2.69 bits per heavy atom. The Labute approximate surface area is 209 Å². The van der Waals surface area contributed by atoms with Crippen LogP contribution in [0.4, 0.5) is 4.79 Å². The first-order valence-electron chi connectivity index (χ1n) is 12.2. The molecule has 4 heterocycles. The highest BCUT2D eigenvalue weighted by Crippen LogP contribution is 2.41. The van der Waals surface area contributed by atoms with Crippen LogP contribution in [0, 0.1) is 5.92 Å². The van der Waals surface area contributed by atoms with Crippen molar-refractivity contribution in [3.05, 3.63) is 64.9 Å². The molecule has 3 saturated heterocycles. The molecule has 2 atom stereocenters. The number of imide groups is 1. The van der Waals surface area contributed by atoms with Crippen LogP contribution in [0.15, 0.2) is 48.8 Å². The van der Waals surface area contributed by atoms with Gasteiger partial charge in [-0.3, -0.25) is 19.5 Å². The second kappa shape index (κ2) is 9.95. The Morgan fingerprint density at radius 2 is 2.00 bits per heavy atom. The summed E-state index contributed by atoms with van der Waals surface area (Å²) in [5, 5.41) is 3.65. The minimum atomic E-state index is -1.19. The molecule has 0 bridgehead atoms. The summed E-state index contributed by atoms with van der Waals surface area (Å²) in [6.07, 6.45) is 6.42. The monoisotopic (exact) mass is 496 g/mol. The molecule has 2 aromatic rings. The fourth-order valence-electron chi connectivity index (χ4n) is 5.55. The Bertz CT molecular complexity index is 1100. The summed E-state index contributed by atoms with van der Waals surface area (Å²) < 4.78 is 5.69. The quantitative estimate of drug-likeness (QED) is 0.620. The van der Waals surface area contributed by atoms with Gasteiger partial charge in [0.05, 0.1) is 19.1 Å². The second-order valence-electron chi connectivity index (χ2n) is 9.49. The van der Waals surface area contributed by atoms with Crippen molar-refractivity contribution in [3.63, 3.8) is 0 Å². The van der Waals surface area contributed by atoms with E-state index >= 15 is 0 Å². The minimum absolute atomic E-state index is 0.0305. The van der Waals surface area contributed by atoms with Crippen molar-refractivity contribution in [2.45, 2.75) is 43.7 Å². The Morgan fingerprint density at radius 1 is 1.17 bits per heavy atom. The third-order valence-electron chi connectivity index (χ3n) is 7.36. The fraction of sp³-hybridized carbons (Fsp3) is 0.462. The Kier molecular flexibility index (Phi) is 6.75. The lowest BCUT2D eigenvalue weighted by atomic mass is 9.73. The number of ether oxygens (including phenoxy) is 1. The third-order valence-corrected chi connectivity index (χ3v) is 7.60. The van der Waals surface area contributed by atoms with E-state index in [9.17, 15) is 14.4 Å². The van der Waals surface area contributed by atoms with Gasteiger partial charge in [0.15, 0.2) is 5.54 Å². The predicted molar refractivity (Wildman–Crippen MR) is 130 cm³/mol. The number of hydrogen-bond acceptors (Lipinski definition) is 5. The molecule has 3 fully saturated rings. The summed E-state index contributed by atoms with van der Waals surface area (Å²) in [6.45, 7) is 1.94. The largest absolute Gasteiger partial charge is 0.376 e. The molecule has 0 aliphatic carbocycles. The van der Waals surface area contributed by atoms with Crippen LogP contribution >= 0.6 is 11.6 Å². The zero-order valence-electron chi connectivity index (χ0n) is 19.5. The number of halogens is 1. The van der Waals surface area contributed by atoms with E-state index < -0.39 is 11.6 Å². The maximum atomic E-state index is 13.9. The average molecular weight is 497 g/mol. The van der Waals surface area contributed by atoms with E-state index in [-0.39, 0.29) is 36.8 Å². The van der Waals surface area contributed by atoms with Crippen LogP contribution < -0.4 is 5.32 Å². The summed E-state index contributed by atoms with van der Waals surface area (Å²) in [4.78, 5) is 47.2. The maximum absolute atomic E-state index is 13.9. The van der Waals surface area contributed by atoms with Crippen molar-refractivity contribution in [2.24, 2.45) is 5.92 Å². The van der Waals surface area contributed by atoms with Crippen molar-refractivity contribution in [1.82, 2.24) is 20.1 Å². The number of likely N-dealkylation sites (tertiary alicyclic amines) is 1. The first-order chi connectivity index (χ1) is 17.0. The summed E-state index contributed by atoms with van der Waals surface area (Å²) in [6, 6.07) is 10.6. The van der Waals surface area contributed by atoms with Gasteiger partial charge in [-0.15, -0.1) is 0 Å². The molecule has 0 radical (unpaired) electrons. The van der Waals surface area contributed by atoms with E-state index in [1.165, 1.54) is 4.90 Å². The number of amides is 4. The molecule has 1 N–H and O–H groups in total. The van der Waals surface area contributed by atoms with Gasteiger partial charge in [0.2, 0.25) is 5.91 Å². The standard InChI is InChI=1S/C26H29ClN4O4/c27-21-6-1-4-18(14-21)15-23(32)30-11-8-19(9-12-30)26(20-5-2-10-28-16-20)24(33)31(25(34)29-26)17-22-7-3-13-35-22/h1-2,4-6,10,14,16,19,22H,3,7-9,11-13,15,17H2,(H,29,34)/t22-,26+/m0/s1. The van der Waals surface area contributed by atoms with Crippen LogP contribution in [0.5, 0.6) is 0 Å². The van der Waals surface area contributed by atoms with Crippen LogP contribution in [0.3, 0.4) is 0 Å². The molecule has 3 aliphatic heterocycles. The fourth-order valence-corrected chi connectivity index (χ4v) is 5.76. The molecule has 3 aliphatic rings. The highest BCUT2D eigenvalue weighted by atomic mass is 35.5. The van der Waals surface area contributed by atoms with Crippen LogP contribution in [-0.2, 0) is 26.3 Å². The number of urea groups is 1. The number of carbonyl (C=O) groups excluding carboxylic acids is 3. The molecule has 4 amide bonds. The summed E-state index contributed by atoms with van der Waals surface area (Å²) in [5.74, 6) is -0.384. The van der Waals surface area contributed by atoms with E-state index in [0.29, 0.717) is 43.1 Å². The number of carbonyl (C=O) groups is 3. The smallest absolute Gasteiger partial charge is 0.325 e. The van der Waals surface area contributed by atoms with E-state index in [0.717, 1.165) is 18.4 Å². The van der Waals surface area contributed by atoms with Crippen molar-refractivity contribution >= 4 is 29.4 Å². The summed E-state index contributed by atoms with van der Waals surface area (Å²) in [7, 11) is 0. The van der Waals surface area contributed by atoms with E-state index in [4.69, 9.17) is 16.3 Å². The first-order valence-corrected chi connectivity index (χ1v) is 12.5. The van der Waals surface area contributed by atoms with Crippen molar-refractivity contribution in [3.8, 4) is 0 Å². The van der Waals surface area contributed by atoms with Crippen LogP contribution in [-0.4, -0.2) is 65.0 Å². The number of piperidine rings is 1. The maximum Gasteiger partial charge on any atom is 0.325 e. The van der Waals surface area contributed by atoms with Crippen molar-refractivity contribution in [2.75, 3.05) is 26.2 Å². The molecule has 0 saturated carbocycles. The van der Waals surface area contributed by atoms with Crippen LogP contribution in [0.2, 0.25) is 5.02 Å². The topological polar surface area (TPSA) is 91.8 Å². The Hall–Kier alpha value is -2.97. The molecular weight excluding hydrogens is 468 g/mol. The van der Waals surface area contributed by atoms with E-state index in [2.05, 4.69) is 10.3 Å².